The standard InChI is InChI=1S/C9H15N3/c10-9(4-5-9)3-1-7-12-8-2-6-11-12/h2,6,8H,1,3-5,7,10H2. The maximum Gasteiger partial charge on any atom is 0.0489 e. The Labute approximate surface area is 72.6 Å². The summed E-state index contributed by atoms with van der Waals surface area (Å²) in [6.07, 6.45) is 8.54. The molecule has 2 rings (SSSR count). The van der Waals surface area contributed by atoms with Gasteiger partial charge in [0.25, 0.3) is 0 Å². The summed E-state index contributed by atoms with van der Waals surface area (Å²) in [5, 5.41) is 4.13. The van der Waals surface area contributed by atoms with Crippen molar-refractivity contribution < 1.29 is 0 Å². The van der Waals surface area contributed by atoms with Crippen LogP contribution in [0.2, 0.25) is 0 Å². The molecular formula is C9H15N3. The van der Waals surface area contributed by atoms with Crippen molar-refractivity contribution in [3.8, 4) is 0 Å². The number of aromatic nitrogens is 2. The maximum absolute atomic E-state index is 5.96. The molecule has 1 heterocycles. The Bertz CT molecular complexity index is 236. The van der Waals surface area contributed by atoms with Gasteiger partial charge < -0.3 is 5.73 Å². The number of rotatable bonds is 4. The molecule has 12 heavy (non-hydrogen) atoms. The third-order valence-electron chi connectivity index (χ3n) is 2.51. The largest absolute Gasteiger partial charge is 0.325 e. The van der Waals surface area contributed by atoms with Gasteiger partial charge in [0.15, 0.2) is 0 Å². The van der Waals surface area contributed by atoms with Crippen molar-refractivity contribution >= 4 is 0 Å². The molecule has 1 aromatic rings. The van der Waals surface area contributed by atoms with Crippen LogP contribution >= 0.6 is 0 Å². The number of aryl methyl sites for hydroxylation is 1. The third-order valence-corrected chi connectivity index (χ3v) is 2.51. The van der Waals surface area contributed by atoms with Gasteiger partial charge in [-0.15, -0.1) is 0 Å². The molecule has 0 bridgehead atoms. The number of nitrogens with zero attached hydrogens (tertiary/aromatic N) is 2. The highest BCUT2D eigenvalue weighted by molar-refractivity contribution is 4.98. The molecule has 1 aromatic heterocycles. The van der Waals surface area contributed by atoms with Crippen LogP contribution in [0.3, 0.4) is 0 Å². The van der Waals surface area contributed by atoms with Crippen molar-refractivity contribution in [1.82, 2.24) is 9.78 Å². The predicted octanol–water partition coefficient (Wildman–Crippen LogP) is 1.15. The Morgan fingerprint density at radius 1 is 1.50 bits per heavy atom. The molecule has 0 unspecified atom stereocenters. The molecule has 0 aromatic carbocycles. The molecule has 1 fully saturated rings. The van der Waals surface area contributed by atoms with Gasteiger partial charge in [0, 0.05) is 24.5 Å². The van der Waals surface area contributed by atoms with Crippen LogP contribution in [-0.4, -0.2) is 15.3 Å². The van der Waals surface area contributed by atoms with Crippen LogP contribution in [-0.2, 0) is 6.54 Å². The van der Waals surface area contributed by atoms with E-state index in [1.807, 2.05) is 23.1 Å². The van der Waals surface area contributed by atoms with Gasteiger partial charge in [-0.25, -0.2) is 0 Å². The molecule has 66 valence electrons. The number of hydrogen-bond donors (Lipinski definition) is 1. The highest BCUT2D eigenvalue weighted by Gasteiger charge is 2.36. The van der Waals surface area contributed by atoms with Gasteiger partial charge >= 0.3 is 0 Å². The Balaban J connectivity index is 1.69. The summed E-state index contributed by atoms with van der Waals surface area (Å²) >= 11 is 0. The molecule has 3 heteroatoms. The van der Waals surface area contributed by atoms with E-state index >= 15 is 0 Å². The monoisotopic (exact) mass is 165 g/mol. The maximum atomic E-state index is 5.96. The Kier molecular flexibility index (Phi) is 1.89. The van der Waals surface area contributed by atoms with Crippen molar-refractivity contribution in [1.29, 1.82) is 0 Å². The molecular weight excluding hydrogens is 150 g/mol. The van der Waals surface area contributed by atoms with Crippen molar-refractivity contribution in [2.24, 2.45) is 5.73 Å². The Morgan fingerprint density at radius 3 is 2.92 bits per heavy atom. The van der Waals surface area contributed by atoms with Crippen LogP contribution in [0.25, 0.3) is 0 Å². The molecule has 0 spiro atoms. The van der Waals surface area contributed by atoms with E-state index in [9.17, 15) is 0 Å². The van der Waals surface area contributed by atoms with Gasteiger partial charge in [0.1, 0.15) is 0 Å². The smallest absolute Gasteiger partial charge is 0.0489 e. The van der Waals surface area contributed by atoms with E-state index in [2.05, 4.69) is 5.10 Å². The first kappa shape index (κ1) is 7.80. The minimum Gasteiger partial charge on any atom is -0.325 e. The number of hydrogen-bond acceptors (Lipinski definition) is 2. The Hall–Kier alpha value is -0.830. The zero-order chi connectivity index (χ0) is 8.44. The SMILES string of the molecule is NC1(CCCn2cccn2)CC1. The summed E-state index contributed by atoms with van der Waals surface area (Å²) in [6, 6.07) is 1.95. The van der Waals surface area contributed by atoms with Crippen molar-refractivity contribution in [3.05, 3.63) is 18.5 Å². The van der Waals surface area contributed by atoms with Gasteiger partial charge in [0.2, 0.25) is 0 Å². The average molecular weight is 165 g/mol. The third kappa shape index (κ3) is 1.85. The van der Waals surface area contributed by atoms with Gasteiger partial charge in [-0.2, -0.15) is 5.10 Å². The van der Waals surface area contributed by atoms with Crippen molar-refractivity contribution in [3.63, 3.8) is 0 Å². The first-order chi connectivity index (χ1) is 5.79. The minimum absolute atomic E-state index is 0.202. The van der Waals surface area contributed by atoms with E-state index in [1.54, 1.807) is 0 Å². The molecule has 1 aliphatic rings. The fourth-order valence-electron chi connectivity index (χ4n) is 1.44. The molecule has 0 radical (unpaired) electrons. The van der Waals surface area contributed by atoms with E-state index in [1.165, 1.54) is 12.8 Å². The summed E-state index contributed by atoms with van der Waals surface area (Å²) in [6.45, 7) is 1.01. The fraction of sp³-hybridized carbons (Fsp3) is 0.667. The molecule has 0 aliphatic heterocycles. The summed E-state index contributed by atoms with van der Waals surface area (Å²) < 4.78 is 1.96. The lowest BCUT2D eigenvalue weighted by atomic mass is 10.1. The van der Waals surface area contributed by atoms with Crippen LogP contribution in [0, 0.1) is 0 Å². The second-order valence-corrected chi connectivity index (χ2v) is 3.74. The van der Waals surface area contributed by atoms with Crippen molar-refractivity contribution in [2.75, 3.05) is 0 Å². The van der Waals surface area contributed by atoms with E-state index in [4.69, 9.17) is 5.73 Å². The quantitative estimate of drug-likeness (QED) is 0.727. The molecule has 2 N–H and O–H groups in total. The fourth-order valence-corrected chi connectivity index (χ4v) is 1.44. The molecule has 0 amide bonds. The average Bonchev–Trinajstić information content (AvgIpc) is 2.61. The molecule has 0 saturated heterocycles. The first-order valence-corrected chi connectivity index (χ1v) is 4.55. The van der Waals surface area contributed by atoms with Gasteiger partial charge in [-0.3, -0.25) is 4.68 Å². The van der Waals surface area contributed by atoms with E-state index in [0.29, 0.717) is 0 Å². The summed E-state index contributed by atoms with van der Waals surface area (Å²) in [5.74, 6) is 0. The van der Waals surface area contributed by atoms with E-state index in [0.717, 1.165) is 19.4 Å². The minimum atomic E-state index is 0.202. The molecule has 1 aliphatic carbocycles. The van der Waals surface area contributed by atoms with Crippen LogP contribution in [0.1, 0.15) is 25.7 Å². The topological polar surface area (TPSA) is 43.8 Å². The lowest BCUT2D eigenvalue weighted by molar-refractivity contribution is 0.501. The van der Waals surface area contributed by atoms with E-state index < -0.39 is 0 Å². The lowest BCUT2D eigenvalue weighted by Gasteiger charge is -2.07. The van der Waals surface area contributed by atoms with Crippen LogP contribution in [0.5, 0.6) is 0 Å². The normalized spacial score (nSPS) is 19.4. The van der Waals surface area contributed by atoms with Crippen LogP contribution in [0.4, 0.5) is 0 Å². The highest BCUT2D eigenvalue weighted by Crippen LogP contribution is 2.36. The van der Waals surface area contributed by atoms with Gasteiger partial charge in [-0.1, -0.05) is 0 Å². The van der Waals surface area contributed by atoms with Gasteiger partial charge in [-0.05, 0) is 31.7 Å². The van der Waals surface area contributed by atoms with Crippen molar-refractivity contribution in [2.45, 2.75) is 37.8 Å². The first-order valence-electron chi connectivity index (χ1n) is 4.55. The summed E-state index contributed by atoms with van der Waals surface area (Å²) in [7, 11) is 0. The lowest BCUT2D eigenvalue weighted by Crippen LogP contribution is -2.21. The van der Waals surface area contributed by atoms with Gasteiger partial charge in [0.05, 0.1) is 0 Å². The molecule has 0 atom stereocenters. The zero-order valence-corrected chi connectivity index (χ0v) is 7.24. The molecule has 1 saturated carbocycles. The van der Waals surface area contributed by atoms with E-state index in [-0.39, 0.29) is 5.54 Å². The predicted molar refractivity (Wildman–Crippen MR) is 47.6 cm³/mol. The second kappa shape index (κ2) is 2.90. The van der Waals surface area contributed by atoms with Crippen LogP contribution in [0.15, 0.2) is 18.5 Å². The van der Waals surface area contributed by atoms with Crippen LogP contribution < -0.4 is 5.73 Å². The highest BCUT2D eigenvalue weighted by atomic mass is 15.3. The molecule has 3 nitrogen and oxygen atoms in total. The Morgan fingerprint density at radius 2 is 2.33 bits per heavy atom. The summed E-state index contributed by atoms with van der Waals surface area (Å²) in [4.78, 5) is 0. The summed E-state index contributed by atoms with van der Waals surface area (Å²) in [5.41, 5.74) is 6.16. The zero-order valence-electron chi connectivity index (χ0n) is 7.24. The number of nitrogens with two attached hydrogens (primary N) is 1. The second-order valence-electron chi connectivity index (χ2n) is 3.74.